The predicted molar refractivity (Wildman–Crippen MR) is 142 cm³/mol. The lowest BCUT2D eigenvalue weighted by atomic mass is 9.76. The molecule has 240 valence electrons. The summed E-state index contributed by atoms with van der Waals surface area (Å²) in [6.45, 7) is 5.71. The Bertz CT molecular complexity index is 1080. The van der Waals surface area contributed by atoms with Gasteiger partial charge in [-0.3, -0.25) is 0 Å². The summed E-state index contributed by atoms with van der Waals surface area (Å²) in [6, 6.07) is 0. The summed E-state index contributed by atoms with van der Waals surface area (Å²) in [7, 11) is 0. The highest BCUT2D eigenvalue weighted by Crippen LogP contribution is 2.39. The summed E-state index contributed by atoms with van der Waals surface area (Å²) in [5.74, 6) is -14.1. The van der Waals surface area contributed by atoms with Crippen molar-refractivity contribution in [1.82, 2.24) is 0 Å². The summed E-state index contributed by atoms with van der Waals surface area (Å²) in [4.78, 5) is 62.6. The second kappa shape index (κ2) is 17.7. The minimum absolute atomic E-state index is 0.542. The van der Waals surface area contributed by atoms with Crippen LogP contribution in [-0.2, 0) is 47.7 Å². The number of rotatable bonds is 20. The lowest BCUT2D eigenvalue weighted by Crippen LogP contribution is -2.63. The summed E-state index contributed by atoms with van der Waals surface area (Å²) in [5.41, 5.74) is -4.50. The summed E-state index contributed by atoms with van der Waals surface area (Å²) < 4.78 is 25.4. The van der Waals surface area contributed by atoms with Gasteiger partial charge in [-0.2, -0.15) is 0 Å². The van der Waals surface area contributed by atoms with Gasteiger partial charge in [-0.05, 0) is 0 Å². The number of ether oxygens (including phenoxy) is 5. The van der Waals surface area contributed by atoms with Gasteiger partial charge >= 0.3 is 35.6 Å². The first kappa shape index (κ1) is 38.8. The monoisotopic (exact) mass is 616 g/mol. The number of aliphatic hydroxyl groups excluding tert-OH is 6. The van der Waals surface area contributed by atoms with Crippen LogP contribution in [0.5, 0.6) is 0 Å². The van der Waals surface area contributed by atoms with E-state index in [1.54, 1.807) is 0 Å². The van der Waals surface area contributed by atoms with Crippen LogP contribution in [0.15, 0.2) is 62.1 Å². The molecule has 0 heterocycles. The molecule has 0 aliphatic heterocycles. The first-order valence-electron chi connectivity index (χ1n) is 12.2. The maximum Gasteiger partial charge on any atom is 0.381 e. The van der Waals surface area contributed by atoms with Crippen LogP contribution in [0.1, 0.15) is 6.92 Å². The van der Waals surface area contributed by atoms with E-state index in [1.165, 1.54) is 0 Å². The SMILES string of the molecule is C=CC(=O)OCC(OC(=O)C=C)(OC(=O)/C(OC(=O)C=C)=C(\OC(=O)C=C)C(C)C(CO)(CO)CO)C(CO)(CO)CO. The lowest BCUT2D eigenvalue weighted by molar-refractivity contribution is -0.303. The van der Waals surface area contributed by atoms with Gasteiger partial charge in [0, 0.05) is 35.6 Å². The zero-order chi connectivity index (χ0) is 33.4. The lowest BCUT2D eigenvalue weighted by Gasteiger charge is -2.44. The van der Waals surface area contributed by atoms with Crippen molar-refractivity contribution in [2.45, 2.75) is 12.7 Å². The van der Waals surface area contributed by atoms with E-state index in [9.17, 15) is 54.6 Å². The van der Waals surface area contributed by atoms with Gasteiger partial charge in [0.05, 0.1) is 39.6 Å². The first-order valence-corrected chi connectivity index (χ1v) is 12.2. The number of carbonyl (C=O) groups excluding carboxylic acids is 5. The molecule has 2 unspecified atom stereocenters. The van der Waals surface area contributed by atoms with Crippen molar-refractivity contribution in [2.24, 2.45) is 16.7 Å². The molecule has 6 N–H and O–H groups in total. The number of allylic oxidation sites excluding steroid dienone is 1. The molecule has 0 spiro atoms. The number of hydrogen-bond acceptors (Lipinski definition) is 16. The highest BCUT2D eigenvalue weighted by atomic mass is 16.8. The van der Waals surface area contributed by atoms with E-state index >= 15 is 0 Å². The van der Waals surface area contributed by atoms with Crippen LogP contribution in [0.2, 0.25) is 0 Å². The van der Waals surface area contributed by atoms with Gasteiger partial charge in [-0.25, -0.2) is 24.0 Å². The maximum absolute atomic E-state index is 13.8. The molecule has 0 saturated carbocycles. The molecule has 0 amide bonds. The van der Waals surface area contributed by atoms with Gasteiger partial charge in [0.15, 0.2) is 12.4 Å². The van der Waals surface area contributed by atoms with E-state index < -0.39 is 110 Å². The van der Waals surface area contributed by atoms with Crippen molar-refractivity contribution in [3.63, 3.8) is 0 Å². The zero-order valence-corrected chi connectivity index (χ0v) is 23.4. The Hall–Kier alpha value is -4.19. The molecule has 0 rings (SSSR count). The number of hydrogen-bond donors (Lipinski definition) is 6. The van der Waals surface area contributed by atoms with Crippen LogP contribution in [-0.4, -0.2) is 113 Å². The molecule has 0 fully saturated rings. The van der Waals surface area contributed by atoms with E-state index in [4.69, 9.17) is 23.7 Å². The van der Waals surface area contributed by atoms with Gasteiger partial charge in [0.25, 0.3) is 5.76 Å². The van der Waals surface area contributed by atoms with E-state index in [0.717, 1.165) is 6.92 Å². The topological polar surface area (TPSA) is 253 Å². The fourth-order valence-electron chi connectivity index (χ4n) is 3.24. The molecule has 0 aromatic rings. The van der Waals surface area contributed by atoms with Crippen molar-refractivity contribution < 1.29 is 78.3 Å². The summed E-state index contributed by atoms with van der Waals surface area (Å²) in [5, 5.41) is 60.3. The second-order valence-electron chi connectivity index (χ2n) is 8.84. The molecule has 0 bridgehead atoms. The van der Waals surface area contributed by atoms with Crippen molar-refractivity contribution in [2.75, 3.05) is 46.2 Å². The highest BCUT2D eigenvalue weighted by Gasteiger charge is 2.59. The van der Waals surface area contributed by atoms with E-state index in [1.807, 2.05) is 0 Å². The van der Waals surface area contributed by atoms with E-state index in [0.29, 0.717) is 24.3 Å². The third-order valence-corrected chi connectivity index (χ3v) is 6.39. The molecule has 0 aliphatic carbocycles. The van der Waals surface area contributed by atoms with Crippen LogP contribution in [0.3, 0.4) is 0 Å². The fourth-order valence-corrected chi connectivity index (χ4v) is 3.24. The number of esters is 5. The highest BCUT2D eigenvalue weighted by molar-refractivity contribution is 5.94. The Labute approximate surface area is 246 Å². The van der Waals surface area contributed by atoms with Crippen LogP contribution in [0, 0.1) is 16.7 Å². The van der Waals surface area contributed by atoms with Crippen LogP contribution in [0.4, 0.5) is 0 Å². The molecule has 0 aromatic heterocycles. The third-order valence-electron chi connectivity index (χ3n) is 6.39. The Morgan fingerprint density at radius 3 is 1.49 bits per heavy atom. The Balaban J connectivity index is 7.82. The van der Waals surface area contributed by atoms with Crippen LogP contribution < -0.4 is 0 Å². The van der Waals surface area contributed by atoms with E-state index in [-0.39, 0.29) is 0 Å². The Morgan fingerprint density at radius 2 is 1.09 bits per heavy atom. The molecule has 2 atom stereocenters. The van der Waals surface area contributed by atoms with E-state index in [2.05, 4.69) is 26.3 Å². The maximum atomic E-state index is 13.8. The molecule has 0 saturated heterocycles. The Morgan fingerprint density at radius 1 is 0.651 bits per heavy atom. The van der Waals surface area contributed by atoms with Gasteiger partial charge in [0.1, 0.15) is 5.41 Å². The summed E-state index contributed by atoms with van der Waals surface area (Å²) in [6.07, 6.45) is 2.35. The molecule has 16 nitrogen and oxygen atoms in total. The zero-order valence-electron chi connectivity index (χ0n) is 23.4. The van der Waals surface area contributed by atoms with Crippen molar-refractivity contribution in [1.29, 1.82) is 0 Å². The van der Waals surface area contributed by atoms with Gasteiger partial charge in [0.2, 0.25) is 0 Å². The van der Waals surface area contributed by atoms with Gasteiger partial charge in [-0.1, -0.05) is 33.2 Å². The van der Waals surface area contributed by atoms with Crippen molar-refractivity contribution >= 4 is 29.8 Å². The Kier molecular flexibility index (Phi) is 16.0. The molecular weight excluding hydrogens is 580 g/mol. The summed E-state index contributed by atoms with van der Waals surface area (Å²) >= 11 is 0. The fraction of sp³-hybridized carbons (Fsp3) is 0.444. The van der Waals surface area contributed by atoms with Gasteiger partial charge < -0.3 is 54.3 Å². The van der Waals surface area contributed by atoms with Crippen LogP contribution in [0.25, 0.3) is 0 Å². The largest absolute Gasteiger partial charge is 0.454 e. The predicted octanol–water partition coefficient (Wildman–Crippen LogP) is -2.08. The molecule has 0 aliphatic rings. The van der Waals surface area contributed by atoms with Crippen molar-refractivity contribution in [3.8, 4) is 0 Å². The minimum Gasteiger partial charge on any atom is -0.454 e. The number of carbonyl (C=O) groups is 5. The normalized spacial score (nSPS) is 14.0. The average molecular weight is 617 g/mol. The second-order valence-corrected chi connectivity index (χ2v) is 8.84. The number of aliphatic hydroxyl groups is 6. The molecule has 0 radical (unpaired) electrons. The first-order chi connectivity index (χ1) is 20.2. The van der Waals surface area contributed by atoms with Crippen molar-refractivity contribution in [3.05, 3.63) is 62.1 Å². The molecular formula is C27H36O16. The average Bonchev–Trinajstić information content (AvgIpc) is 3.02. The third kappa shape index (κ3) is 9.15. The molecule has 43 heavy (non-hydrogen) atoms. The molecule has 0 aromatic carbocycles. The quantitative estimate of drug-likeness (QED) is 0.0282. The standard InChI is InChI=1S/C27H36O16/c1-6-18(34)39-16-27(42-21(37)9-4,26(13-31,14-32)15-33)43-24(38)23(41-20(36)8-3)22(40-19(35)7-2)17(5)25(10-28,11-29)12-30/h6-9,17,28-33H,1-4,10-16H2,5H3/b23-22+. The van der Waals surface area contributed by atoms with Gasteiger partial charge in [-0.15, -0.1) is 0 Å². The minimum atomic E-state index is -3.13. The smallest absolute Gasteiger partial charge is 0.381 e. The van der Waals surface area contributed by atoms with Crippen LogP contribution >= 0.6 is 0 Å². The molecule has 16 heteroatoms.